The lowest BCUT2D eigenvalue weighted by Crippen LogP contribution is -2.54. The molecule has 3 unspecified atom stereocenters. The van der Waals surface area contributed by atoms with E-state index < -0.39 is 27.5 Å². The predicted molar refractivity (Wildman–Crippen MR) is 180 cm³/mol. The SMILES string of the molecule is CCC(C)NCc1ccc(OC)c(C2(N3CCCC3c3ncco3)C(=O)N(S(=O)(=O)c3ccc(OC)cc3)c3cc(Cl)c(Cl)cc32)c1. The number of carbonyl (C=O) groups is 1. The van der Waals surface area contributed by atoms with Gasteiger partial charge in [-0.05, 0) is 80.3 Å². The lowest BCUT2D eigenvalue weighted by molar-refractivity contribution is -0.127. The first-order valence-electron chi connectivity index (χ1n) is 15.4. The van der Waals surface area contributed by atoms with E-state index in [4.69, 9.17) is 37.1 Å². The number of benzene rings is 3. The average molecular weight is 700 g/mol. The lowest BCUT2D eigenvalue weighted by atomic mass is 9.80. The van der Waals surface area contributed by atoms with Crippen LogP contribution in [-0.4, -0.2) is 51.0 Å². The first-order valence-corrected chi connectivity index (χ1v) is 17.6. The third-order valence-corrected chi connectivity index (χ3v) is 11.5. The average Bonchev–Trinajstić information content (AvgIpc) is 3.83. The number of amides is 1. The van der Waals surface area contributed by atoms with Crippen LogP contribution in [-0.2, 0) is 26.9 Å². The molecule has 1 fully saturated rings. The first-order chi connectivity index (χ1) is 22.6. The van der Waals surface area contributed by atoms with Gasteiger partial charge in [0.1, 0.15) is 17.8 Å². The smallest absolute Gasteiger partial charge is 0.271 e. The highest BCUT2D eigenvalue weighted by Crippen LogP contribution is 2.57. The number of rotatable bonds is 11. The van der Waals surface area contributed by atoms with Gasteiger partial charge in [0.15, 0.2) is 5.54 Å². The molecule has 1 amide bonds. The van der Waals surface area contributed by atoms with Crippen LogP contribution in [0.5, 0.6) is 11.5 Å². The Morgan fingerprint density at radius 2 is 1.81 bits per heavy atom. The Hall–Kier alpha value is -3.61. The number of hydrogen-bond acceptors (Lipinski definition) is 9. The fourth-order valence-electron chi connectivity index (χ4n) is 6.56. The molecule has 3 heterocycles. The normalized spacial score (nSPS) is 20.4. The van der Waals surface area contributed by atoms with Crippen LogP contribution in [0.15, 0.2) is 76.4 Å². The second kappa shape index (κ2) is 13.1. The van der Waals surface area contributed by atoms with Gasteiger partial charge >= 0.3 is 0 Å². The number of nitrogens with one attached hydrogen (secondary N) is 1. The Morgan fingerprint density at radius 3 is 2.47 bits per heavy atom. The van der Waals surface area contributed by atoms with Gasteiger partial charge in [0.05, 0.1) is 47.1 Å². The summed E-state index contributed by atoms with van der Waals surface area (Å²) in [6.45, 7) is 5.14. The van der Waals surface area contributed by atoms with Crippen molar-refractivity contribution in [3.63, 3.8) is 0 Å². The van der Waals surface area contributed by atoms with Crippen molar-refractivity contribution in [2.24, 2.45) is 0 Å². The molecule has 0 radical (unpaired) electrons. The molecule has 3 aromatic carbocycles. The summed E-state index contributed by atoms with van der Waals surface area (Å²) in [6.07, 6.45) is 5.29. The van der Waals surface area contributed by atoms with Crippen molar-refractivity contribution >= 4 is 44.8 Å². The Labute approximate surface area is 284 Å². The van der Waals surface area contributed by atoms with Crippen molar-refractivity contribution in [3.05, 3.63) is 99.7 Å². The zero-order chi connectivity index (χ0) is 33.5. The van der Waals surface area contributed by atoms with E-state index in [9.17, 15) is 8.42 Å². The van der Waals surface area contributed by atoms with Crippen molar-refractivity contribution in [1.29, 1.82) is 0 Å². The highest BCUT2D eigenvalue weighted by molar-refractivity contribution is 7.93. The van der Waals surface area contributed by atoms with Gasteiger partial charge < -0.3 is 19.2 Å². The molecular formula is C34H36Cl2N4O6S. The summed E-state index contributed by atoms with van der Waals surface area (Å²) in [5.41, 5.74) is 0.0923. The molecule has 0 aliphatic carbocycles. The van der Waals surface area contributed by atoms with E-state index in [0.717, 1.165) is 16.3 Å². The summed E-state index contributed by atoms with van der Waals surface area (Å²) in [5, 5.41) is 3.79. The van der Waals surface area contributed by atoms with Crippen molar-refractivity contribution < 1.29 is 27.1 Å². The van der Waals surface area contributed by atoms with Crippen LogP contribution in [0, 0.1) is 0 Å². The van der Waals surface area contributed by atoms with Gasteiger partial charge in [-0.1, -0.05) is 36.2 Å². The minimum Gasteiger partial charge on any atom is -0.497 e. The van der Waals surface area contributed by atoms with Crippen LogP contribution < -0.4 is 19.1 Å². The van der Waals surface area contributed by atoms with Crippen molar-refractivity contribution in [3.8, 4) is 11.5 Å². The van der Waals surface area contributed by atoms with Crippen LogP contribution in [0.25, 0.3) is 0 Å². The molecule has 47 heavy (non-hydrogen) atoms. The summed E-state index contributed by atoms with van der Waals surface area (Å²) < 4.78 is 47.0. The van der Waals surface area contributed by atoms with Crippen LogP contribution in [0.2, 0.25) is 10.0 Å². The quantitative estimate of drug-likeness (QED) is 0.183. The van der Waals surface area contributed by atoms with E-state index in [1.54, 1.807) is 12.3 Å². The van der Waals surface area contributed by atoms with Crippen LogP contribution >= 0.6 is 23.2 Å². The fraction of sp³-hybridized carbons (Fsp3) is 0.353. The number of methoxy groups -OCH3 is 2. The number of aromatic nitrogens is 1. The highest BCUT2D eigenvalue weighted by atomic mass is 35.5. The molecule has 0 spiro atoms. The minimum atomic E-state index is -4.48. The highest BCUT2D eigenvalue weighted by Gasteiger charge is 2.63. The number of oxazole rings is 1. The maximum atomic E-state index is 15.5. The van der Waals surface area contributed by atoms with Gasteiger partial charge in [-0.3, -0.25) is 9.69 Å². The molecule has 4 aromatic rings. The molecule has 2 aliphatic heterocycles. The molecule has 2 aliphatic rings. The zero-order valence-electron chi connectivity index (χ0n) is 26.5. The summed E-state index contributed by atoms with van der Waals surface area (Å²) in [4.78, 5) is 21.8. The standard InChI is InChI=1S/C34H36Cl2N4O6S/c1-5-21(2)38-20-22-8-13-31(45-4)26(17-22)34(39-15-6-7-29(39)32-37-14-16-46-32)25-18-27(35)28(36)19-30(25)40(33(34)41)47(42,43)24-11-9-23(44-3)10-12-24/h8-14,16-19,21,29,38H,5-7,15,20H2,1-4H3. The molecule has 1 aromatic heterocycles. The number of likely N-dealkylation sites (tertiary alicyclic amines) is 1. The molecule has 0 saturated carbocycles. The Balaban J connectivity index is 1.66. The van der Waals surface area contributed by atoms with E-state index in [1.807, 2.05) is 23.1 Å². The number of hydrogen-bond donors (Lipinski definition) is 1. The largest absolute Gasteiger partial charge is 0.497 e. The number of carbonyl (C=O) groups excluding carboxylic acids is 1. The third-order valence-electron chi connectivity index (χ3n) is 9.08. The van der Waals surface area contributed by atoms with Crippen LogP contribution in [0.3, 0.4) is 0 Å². The molecule has 13 heteroatoms. The topological polar surface area (TPSA) is 114 Å². The second-order valence-electron chi connectivity index (χ2n) is 11.7. The number of halogens is 2. The number of anilines is 1. The fourth-order valence-corrected chi connectivity index (χ4v) is 8.33. The number of fused-ring (bicyclic) bond motifs is 1. The predicted octanol–water partition coefficient (Wildman–Crippen LogP) is 6.70. The maximum absolute atomic E-state index is 15.5. The molecular weight excluding hydrogens is 663 g/mol. The van der Waals surface area contributed by atoms with Gasteiger partial charge in [-0.25, -0.2) is 17.7 Å². The van der Waals surface area contributed by atoms with E-state index in [0.29, 0.717) is 54.4 Å². The molecule has 1 saturated heterocycles. The van der Waals surface area contributed by atoms with Crippen molar-refractivity contribution in [2.45, 2.75) is 62.2 Å². The van der Waals surface area contributed by atoms with Crippen LogP contribution in [0.4, 0.5) is 5.69 Å². The number of nitrogens with zero attached hydrogens (tertiary/aromatic N) is 3. The van der Waals surface area contributed by atoms with Gasteiger partial charge in [0.2, 0.25) is 5.89 Å². The molecule has 1 N–H and O–H groups in total. The van der Waals surface area contributed by atoms with Crippen molar-refractivity contribution in [1.82, 2.24) is 15.2 Å². The monoisotopic (exact) mass is 698 g/mol. The Kier molecular flexibility index (Phi) is 9.30. The summed E-state index contributed by atoms with van der Waals surface area (Å²) in [6, 6.07) is 14.4. The summed E-state index contributed by atoms with van der Waals surface area (Å²) in [5.74, 6) is 0.579. The zero-order valence-corrected chi connectivity index (χ0v) is 28.8. The minimum absolute atomic E-state index is 0.0939. The molecule has 0 bridgehead atoms. The van der Waals surface area contributed by atoms with E-state index in [2.05, 4.69) is 24.1 Å². The van der Waals surface area contributed by atoms with Gasteiger partial charge in [0.25, 0.3) is 15.9 Å². The molecule has 3 atom stereocenters. The Bertz CT molecular complexity index is 1890. The molecule has 6 rings (SSSR count). The molecule has 248 valence electrons. The van der Waals surface area contributed by atoms with Gasteiger partial charge in [-0.15, -0.1) is 0 Å². The van der Waals surface area contributed by atoms with Crippen molar-refractivity contribution in [2.75, 3.05) is 25.1 Å². The van der Waals surface area contributed by atoms with Gasteiger partial charge in [0, 0.05) is 30.3 Å². The van der Waals surface area contributed by atoms with E-state index in [-0.39, 0.29) is 26.7 Å². The number of ether oxygens (including phenoxy) is 2. The third kappa shape index (κ3) is 5.57. The maximum Gasteiger partial charge on any atom is 0.271 e. The van der Waals surface area contributed by atoms with E-state index >= 15 is 4.79 Å². The first kappa shape index (κ1) is 33.3. The lowest BCUT2D eigenvalue weighted by Gasteiger charge is -2.41. The summed E-state index contributed by atoms with van der Waals surface area (Å²) in [7, 11) is -1.46. The van der Waals surface area contributed by atoms with Gasteiger partial charge in [-0.2, -0.15) is 0 Å². The van der Waals surface area contributed by atoms with E-state index in [1.165, 1.54) is 50.8 Å². The Morgan fingerprint density at radius 1 is 1.06 bits per heavy atom. The second-order valence-corrected chi connectivity index (χ2v) is 14.3. The molecule has 10 nitrogen and oxygen atoms in total. The number of sulfonamides is 1. The summed E-state index contributed by atoms with van der Waals surface area (Å²) >= 11 is 13.3. The van der Waals surface area contributed by atoms with Crippen LogP contribution in [0.1, 0.15) is 61.7 Å².